The number of ether oxygens (including phenoxy) is 1. The second-order valence-electron chi connectivity index (χ2n) is 6.90. The molecular formula is C24H31NO2S. The van der Waals surface area contributed by atoms with Crippen molar-refractivity contribution in [3.05, 3.63) is 54.3 Å². The molecule has 2 aromatic carbocycles. The van der Waals surface area contributed by atoms with Crippen molar-refractivity contribution in [2.24, 2.45) is 0 Å². The Morgan fingerprint density at radius 3 is 2.43 bits per heavy atom. The number of fused-ring (bicyclic) bond motifs is 1. The molecule has 3 rings (SSSR count). The zero-order valence-corrected chi connectivity index (χ0v) is 18.1. The van der Waals surface area contributed by atoms with E-state index in [0.29, 0.717) is 0 Å². The molecule has 0 bridgehead atoms. The molecule has 0 aliphatic rings. The summed E-state index contributed by atoms with van der Waals surface area (Å²) in [6.07, 6.45) is 3.30. The smallest absolute Gasteiger partial charge is 0.135 e. The zero-order valence-electron chi connectivity index (χ0n) is 17.2. The van der Waals surface area contributed by atoms with Crippen molar-refractivity contribution in [3.63, 3.8) is 0 Å². The van der Waals surface area contributed by atoms with Crippen LogP contribution in [0.25, 0.3) is 11.0 Å². The van der Waals surface area contributed by atoms with Gasteiger partial charge in [0.2, 0.25) is 0 Å². The summed E-state index contributed by atoms with van der Waals surface area (Å²) < 4.78 is 12.1. The highest BCUT2D eigenvalue weighted by molar-refractivity contribution is 7.99. The maximum atomic E-state index is 6.14. The molecule has 0 aliphatic heterocycles. The molecule has 28 heavy (non-hydrogen) atoms. The third kappa shape index (κ3) is 5.33. The molecule has 0 aliphatic carbocycles. The first-order valence-electron chi connectivity index (χ1n) is 10.4. The fourth-order valence-corrected chi connectivity index (χ4v) is 4.28. The monoisotopic (exact) mass is 397 g/mol. The molecule has 150 valence electrons. The second kappa shape index (κ2) is 10.6. The summed E-state index contributed by atoms with van der Waals surface area (Å²) in [7, 11) is 0. The Morgan fingerprint density at radius 1 is 0.964 bits per heavy atom. The molecule has 3 nitrogen and oxygen atoms in total. The topological polar surface area (TPSA) is 25.6 Å². The van der Waals surface area contributed by atoms with E-state index in [-0.39, 0.29) is 0 Å². The highest BCUT2D eigenvalue weighted by Gasteiger charge is 2.15. The lowest BCUT2D eigenvalue weighted by molar-refractivity contribution is 0.223. The van der Waals surface area contributed by atoms with Crippen LogP contribution in [0.3, 0.4) is 0 Å². The van der Waals surface area contributed by atoms with Crippen LogP contribution in [-0.4, -0.2) is 31.1 Å². The lowest BCUT2D eigenvalue weighted by atomic mass is 10.2. The minimum absolute atomic E-state index is 0.724. The van der Waals surface area contributed by atoms with Crippen LogP contribution >= 0.6 is 11.8 Å². The van der Waals surface area contributed by atoms with Crippen molar-refractivity contribution >= 4 is 22.7 Å². The highest BCUT2D eigenvalue weighted by atomic mass is 32.2. The van der Waals surface area contributed by atoms with Crippen LogP contribution in [0.1, 0.15) is 39.4 Å². The number of furan rings is 1. The number of para-hydroxylation sites is 1. The maximum Gasteiger partial charge on any atom is 0.135 e. The molecule has 0 spiro atoms. The van der Waals surface area contributed by atoms with Gasteiger partial charge >= 0.3 is 0 Å². The van der Waals surface area contributed by atoms with Crippen molar-refractivity contribution in [1.82, 2.24) is 4.90 Å². The molecule has 0 saturated heterocycles. The highest BCUT2D eigenvalue weighted by Crippen LogP contribution is 2.39. The largest absolute Gasteiger partial charge is 0.492 e. The molecule has 4 heteroatoms. The number of likely N-dealkylation sites (N-methyl/N-ethyl adjacent to an activating group) is 1. The number of hydrogen-bond acceptors (Lipinski definition) is 4. The minimum Gasteiger partial charge on any atom is -0.492 e. The quantitative estimate of drug-likeness (QED) is 0.362. The first-order valence-corrected chi connectivity index (χ1v) is 11.2. The number of rotatable bonds is 11. The SMILES string of the molecule is CCCCc1oc2ccccc2c1Sc1ccc(OCCN(CC)CC)cc1. The van der Waals surface area contributed by atoms with Crippen LogP contribution in [0.15, 0.2) is 62.7 Å². The molecule has 0 atom stereocenters. The van der Waals surface area contributed by atoms with Crippen molar-refractivity contribution in [3.8, 4) is 5.75 Å². The van der Waals surface area contributed by atoms with Gasteiger partial charge in [-0.3, -0.25) is 0 Å². The second-order valence-corrected chi connectivity index (χ2v) is 7.99. The van der Waals surface area contributed by atoms with Gasteiger partial charge in [0.05, 0.1) is 4.90 Å². The molecule has 0 radical (unpaired) electrons. The molecule has 0 fully saturated rings. The van der Waals surface area contributed by atoms with Crippen LogP contribution in [0, 0.1) is 0 Å². The zero-order chi connectivity index (χ0) is 19.8. The Labute approximate surface area is 173 Å². The molecule has 0 unspecified atom stereocenters. The Balaban J connectivity index is 1.68. The van der Waals surface area contributed by atoms with Gasteiger partial charge in [-0.05, 0) is 55.9 Å². The molecule has 0 N–H and O–H groups in total. The Hall–Kier alpha value is -1.91. The number of benzene rings is 2. The predicted octanol–water partition coefficient (Wildman–Crippen LogP) is 6.65. The van der Waals surface area contributed by atoms with Crippen LogP contribution in [-0.2, 0) is 6.42 Å². The Morgan fingerprint density at radius 2 is 1.71 bits per heavy atom. The van der Waals surface area contributed by atoms with Gasteiger partial charge < -0.3 is 14.1 Å². The maximum absolute atomic E-state index is 6.14. The molecule has 1 heterocycles. The molecule has 1 aromatic heterocycles. The summed E-state index contributed by atoms with van der Waals surface area (Å²) in [5.74, 6) is 2.03. The van der Waals surface area contributed by atoms with Gasteiger partial charge in [0, 0.05) is 23.2 Å². The molecule has 0 saturated carbocycles. The van der Waals surface area contributed by atoms with Gasteiger partial charge in [0.25, 0.3) is 0 Å². The van der Waals surface area contributed by atoms with E-state index >= 15 is 0 Å². The summed E-state index contributed by atoms with van der Waals surface area (Å²) in [6, 6.07) is 16.7. The fraction of sp³-hybridized carbons (Fsp3) is 0.417. The average Bonchev–Trinajstić information content (AvgIpc) is 3.08. The summed E-state index contributed by atoms with van der Waals surface area (Å²) in [4.78, 5) is 4.83. The third-order valence-electron chi connectivity index (χ3n) is 4.99. The van der Waals surface area contributed by atoms with E-state index in [1.165, 1.54) is 21.6 Å². The fourth-order valence-electron chi connectivity index (χ4n) is 3.24. The van der Waals surface area contributed by atoms with Gasteiger partial charge in [-0.25, -0.2) is 0 Å². The van der Waals surface area contributed by atoms with E-state index in [0.717, 1.165) is 56.2 Å². The van der Waals surface area contributed by atoms with E-state index in [1.807, 2.05) is 6.07 Å². The van der Waals surface area contributed by atoms with Crippen molar-refractivity contribution < 1.29 is 9.15 Å². The summed E-state index contributed by atoms with van der Waals surface area (Å²) >= 11 is 1.79. The first-order chi connectivity index (χ1) is 13.7. The number of nitrogens with zero attached hydrogens (tertiary/aromatic N) is 1. The van der Waals surface area contributed by atoms with Gasteiger partial charge in [-0.1, -0.05) is 51.1 Å². The van der Waals surface area contributed by atoms with Crippen molar-refractivity contribution in [2.75, 3.05) is 26.2 Å². The van der Waals surface area contributed by atoms with Crippen molar-refractivity contribution in [1.29, 1.82) is 0 Å². The van der Waals surface area contributed by atoms with Gasteiger partial charge in [-0.2, -0.15) is 0 Å². The van der Waals surface area contributed by atoms with Crippen LogP contribution in [0.5, 0.6) is 5.75 Å². The summed E-state index contributed by atoms with van der Waals surface area (Å²) in [6.45, 7) is 10.4. The van der Waals surface area contributed by atoms with Crippen LogP contribution < -0.4 is 4.74 Å². The van der Waals surface area contributed by atoms with E-state index < -0.39 is 0 Å². The molecule has 3 aromatic rings. The lowest BCUT2D eigenvalue weighted by Gasteiger charge is -2.18. The minimum atomic E-state index is 0.724. The van der Waals surface area contributed by atoms with E-state index in [1.54, 1.807) is 11.8 Å². The summed E-state index contributed by atoms with van der Waals surface area (Å²) in [5, 5.41) is 1.21. The van der Waals surface area contributed by atoms with E-state index in [4.69, 9.17) is 9.15 Å². The molecular weight excluding hydrogens is 366 g/mol. The Kier molecular flexibility index (Phi) is 7.87. The third-order valence-corrected chi connectivity index (χ3v) is 6.15. The van der Waals surface area contributed by atoms with Gasteiger partial charge in [0.15, 0.2) is 0 Å². The number of aryl methyl sites for hydroxylation is 1. The molecule has 0 amide bonds. The standard InChI is InChI=1S/C24H31NO2S/c1-4-7-11-23-24(21-10-8-9-12-22(21)27-23)28-20-15-13-19(14-16-20)26-18-17-25(5-2)6-3/h8-10,12-16H,4-7,11,17-18H2,1-3H3. The predicted molar refractivity (Wildman–Crippen MR) is 119 cm³/mol. The number of hydrogen-bond donors (Lipinski definition) is 0. The van der Waals surface area contributed by atoms with Gasteiger partial charge in [0.1, 0.15) is 23.7 Å². The lowest BCUT2D eigenvalue weighted by Crippen LogP contribution is -2.27. The van der Waals surface area contributed by atoms with E-state index in [2.05, 4.69) is 68.1 Å². The van der Waals surface area contributed by atoms with Crippen molar-refractivity contribution in [2.45, 2.75) is 49.8 Å². The van der Waals surface area contributed by atoms with Crippen LogP contribution in [0.2, 0.25) is 0 Å². The first kappa shape index (κ1) is 20.8. The number of unbranched alkanes of at least 4 members (excludes halogenated alkanes) is 1. The summed E-state index contributed by atoms with van der Waals surface area (Å²) in [5.41, 5.74) is 0.979. The van der Waals surface area contributed by atoms with E-state index in [9.17, 15) is 0 Å². The normalized spacial score (nSPS) is 11.4. The van der Waals surface area contributed by atoms with Gasteiger partial charge in [-0.15, -0.1) is 0 Å². The Bertz CT molecular complexity index is 853. The van der Waals surface area contributed by atoms with Crippen LogP contribution in [0.4, 0.5) is 0 Å². The average molecular weight is 398 g/mol.